The third kappa shape index (κ3) is 7.17. The highest BCUT2D eigenvalue weighted by Gasteiger charge is 2.01. The van der Waals surface area contributed by atoms with E-state index in [0.717, 1.165) is 55.9 Å². The predicted molar refractivity (Wildman–Crippen MR) is 90.9 cm³/mol. The molecule has 0 fully saturated rings. The number of hydrogen-bond acceptors (Lipinski definition) is 4. The van der Waals surface area contributed by atoms with Crippen molar-refractivity contribution in [2.45, 2.75) is 26.8 Å². The fraction of sp³-hybridized carbons (Fsp3) is 0.643. The molecule has 21 heavy (non-hydrogen) atoms. The summed E-state index contributed by atoms with van der Waals surface area (Å²) in [5, 5.41) is 14.6. The van der Waals surface area contributed by atoms with E-state index >= 15 is 0 Å². The maximum Gasteiger partial charge on any atom is 0.191 e. The SMILES string of the molecule is C=CCSCCN=C(NCC)NCCn1cnnc1CC. The molecule has 118 valence electrons. The van der Waals surface area contributed by atoms with Gasteiger partial charge in [0, 0.05) is 37.6 Å². The normalized spacial score (nSPS) is 11.4. The lowest BCUT2D eigenvalue weighted by Crippen LogP contribution is -2.39. The lowest BCUT2D eigenvalue weighted by molar-refractivity contribution is 0.633. The van der Waals surface area contributed by atoms with Gasteiger partial charge in [-0.05, 0) is 6.92 Å². The summed E-state index contributed by atoms with van der Waals surface area (Å²) in [7, 11) is 0. The van der Waals surface area contributed by atoms with E-state index in [1.54, 1.807) is 6.33 Å². The van der Waals surface area contributed by atoms with Crippen LogP contribution in [0.2, 0.25) is 0 Å². The van der Waals surface area contributed by atoms with Crippen molar-refractivity contribution in [3.63, 3.8) is 0 Å². The summed E-state index contributed by atoms with van der Waals surface area (Å²) in [6.45, 7) is 11.2. The molecule has 0 aromatic carbocycles. The van der Waals surface area contributed by atoms with Gasteiger partial charge in [0.2, 0.25) is 0 Å². The Labute approximate surface area is 131 Å². The molecule has 2 N–H and O–H groups in total. The molecular weight excluding hydrogens is 284 g/mol. The summed E-state index contributed by atoms with van der Waals surface area (Å²) in [4.78, 5) is 4.55. The minimum Gasteiger partial charge on any atom is -0.357 e. The van der Waals surface area contributed by atoms with E-state index in [0.29, 0.717) is 0 Å². The van der Waals surface area contributed by atoms with Crippen LogP contribution < -0.4 is 10.6 Å². The van der Waals surface area contributed by atoms with E-state index < -0.39 is 0 Å². The molecule has 0 aliphatic carbocycles. The van der Waals surface area contributed by atoms with Gasteiger partial charge in [-0.15, -0.1) is 16.8 Å². The second-order valence-electron chi connectivity index (χ2n) is 4.35. The number of nitrogens with zero attached hydrogens (tertiary/aromatic N) is 4. The Hall–Kier alpha value is -1.50. The number of rotatable bonds is 10. The van der Waals surface area contributed by atoms with Crippen LogP contribution in [0.3, 0.4) is 0 Å². The minimum absolute atomic E-state index is 0.802. The number of aromatic nitrogens is 3. The number of thioether (sulfide) groups is 1. The van der Waals surface area contributed by atoms with Gasteiger partial charge in [-0.1, -0.05) is 13.0 Å². The average molecular weight is 310 g/mol. The molecule has 0 aliphatic rings. The number of aryl methyl sites for hydroxylation is 1. The molecule has 1 heterocycles. The molecule has 0 saturated carbocycles. The lowest BCUT2D eigenvalue weighted by Gasteiger charge is -2.12. The van der Waals surface area contributed by atoms with Crippen molar-refractivity contribution in [3.05, 3.63) is 24.8 Å². The molecular formula is C14H26N6S. The van der Waals surface area contributed by atoms with Crippen LogP contribution >= 0.6 is 11.8 Å². The van der Waals surface area contributed by atoms with Gasteiger partial charge < -0.3 is 15.2 Å². The van der Waals surface area contributed by atoms with Crippen molar-refractivity contribution in [1.82, 2.24) is 25.4 Å². The first-order valence-electron chi connectivity index (χ1n) is 7.39. The molecule has 6 nitrogen and oxygen atoms in total. The van der Waals surface area contributed by atoms with Crippen LogP contribution in [-0.2, 0) is 13.0 Å². The Morgan fingerprint density at radius 2 is 2.33 bits per heavy atom. The van der Waals surface area contributed by atoms with E-state index in [2.05, 4.69) is 50.8 Å². The van der Waals surface area contributed by atoms with E-state index in [-0.39, 0.29) is 0 Å². The van der Waals surface area contributed by atoms with E-state index in [1.165, 1.54) is 0 Å². The molecule has 0 saturated heterocycles. The van der Waals surface area contributed by atoms with Crippen LogP contribution in [0, 0.1) is 0 Å². The molecule has 1 aromatic heterocycles. The molecule has 1 rings (SSSR count). The average Bonchev–Trinajstić information content (AvgIpc) is 2.94. The molecule has 1 aromatic rings. The van der Waals surface area contributed by atoms with Gasteiger partial charge >= 0.3 is 0 Å². The molecule has 0 amide bonds. The number of hydrogen-bond donors (Lipinski definition) is 2. The zero-order valence-electron chi connectivity index (χ0n) is 13.0. The Bertz CT molecular complexity index is 429. The highest BCUT2D eigenvalue weighted by molar-refractivity contribution is 7.99. The Balaban J connectivity index is 2.33. The largest absolute Gasteiger partial charge is 0.357 e. The summed E-state index contributed by atoms with van der Waals surface area (Å²) in [6, 6.07) is 0. The molecule has 0 unspecified atom stereocenters. The summed E-state index contributed by atoms with van der Waals surface area (Å²) in [5.41, 5.74) is 0. The van der Waals surface area contributed by atoms with Crippen LogP contribution in [-0.4, -0.2) is 51.9 Å². The molecule has 0 spiro atoms. The minimum atomic E-state index is 0.802. The summed E-state index contributed by atoms with van der Waals surface area (Å²) >= 11 is 1.84. The van der Waals surface area contributed by atoms with Crippen molar-refractivity contribution < 1.29 is 0 Å². The molecule has 0 aliphatic heterocycles. The zero-order valence-corrected chi connectivity index (χ0v) is 13.8. The standard InChI is InChI=1S/C14H26N6S/c1-4-10-21-11-8-17-14(15-6-3)16-7-9-20-12-18-19-13(20)5-2/h4,12H,1,5-11H2,2-3H3,(H2,15,16,17). The van der Waals surface area contributed by atoms with E-state index in [1.807, 2.05) is 17.8 Å². The van der Waals surface area contributed by atoms with Gasteiger partial charge in [0.05, 0.1) is 6.54 Å². The number of nitrogens with one attached hydrogen (secondary N) is 2. The second-order valence-corrected chi connectivity index (χ2v) is 5.49. The van der Waals surface area contributed by atoms with Gasteiger partial charge in [-0.2, -0.15) is 11.8 Å². The number of guanidine groups is 1. The van der Waals surface area contributed by atoms with Crippen molar-refractivity contribution in [3.8, 4) is 0 Å². The van der Waals surface area contributed by atoms with Gasteiger partial charge in [0.1, 0.15) is 12.2 Å². The molecule has 7 heteroatoms. The highest BCUT2D eigenvalue weighted by atomic mass is 32.2. The quantitative estimate of drug-likeness (QED) is 0.295. The zero-order chi connectivity index (χ0) is 15.3. The first-order chi connectivity index (χ1) is 10.3. The maximum atomic E-state index is 4.55. The first kappa shape index (κ1) is 17.6. The van der Waals surface area contributed by atoms with Crippen LogP contribution in [0.1, 0.15) is 19.7 Å². The van der Waals surface area contributed by atoms with Crippen LogP contribution in [0.25, 0.3) is 0 Å². The van der Waals surface area contributed by atoms with Gasteiger partial charge in [0.15, 0.2) is 5.96 Å². The van der Waals surface area contributed by atoms with E-state index in [4.69, 9.17) is 0 Å². The monoisotopic (exact) mass is 310 g/mol. The Morgan fingerprint density at radius 3 is 3.05 bits per heavy atom. The summed E-state index contributed by atoms with van der Waals surface area (Å²) < 4.78 is 2.07. The van der Waals surface area contributed by atoms with Crippen LogP contribution in [0.4, 0.5) is 0 Å². The Kier molecular flexibility index (Phi) is 9.35. The fourth-order valence-corrected chi connectivity index (χ4v) is 2.32. The lowest BCUT2D eigenvalue weighted by atomic mass is 10.4. The number of aliphatic imine (C=N–C) groups is 1. The van der Waals surface area contributed by atoms with E-state index in [9.17, 15) is 0 Å². The Morgan fingerprint density at radius 1 is 1.48 bits per heavy atom. The molecule has 0 atom stereocenters. The van der Waals surface area contributed by atoms with Gasteiger partial charge in [-0.3, -0.25) is 4.99 Å². The van der Waals surface area contributed by atoms with Crippen LogP contribution in [0.5, 0.6) is 0 Å². The summed E-state index contributed by atoms with van der Waals surface area (Å²) in [5.74, 6) is 3.86. The first-order valence-corrected chi connectivity index (χ1v) is 8.54. The fourth-order valence-electron chi connectivity index (χ4n) is 1.76. The predicted octanol–water partition coefficient (Wildman–Crippen LogP) is 1.31. The molecule has 0 bridgehead atoms. The highest BCUT2D eigenvalue weighted by Crippen LogP contribution is 1.98. The smallest absolute Gasteiger partial charge is 0.191 e. The molecule has 0 radical (unpaired) electrons. The van der Waals surface area contributed by atoms with Crippen molar-refractivity contribution in [2.75, 3.05) is 31.1 Å². The maximum absolute atomic E-state index is 4.55. The summed E-state index contributed by atoms with van der Waals surface area (Å²) in [6.07, 6.45) is 4.59. The van der Waals surface area contributed by atoms with Crippen LogP contribution in [0.15, 0.2) is 24.0 Å². The van der Waals surface area contributed by atoms with Crippen molar-refractivity contribution in [2.24, 2.45) is 4.99 Å². The van der Waals surface area contributed by atoms with Crippen molar-refractivity contribution >= 4 is 17.7 Å². The third-order valence-electron chi connectivity index (χ3n) is 2.74. The third-order valence-corrected chi connectivity index (χ3v) is 3.69. The van der Waals surface area contributed by atoms with Gasteiger partial charge in [-0.25, -0.2) is 0 Å². The topological polar surface area (TPSA) is 67.1 Å². The van der Waals surface area contributed by atoms with Crippen molar-refractivity contribution in [1.29, 1.82) is 0 Å². The second kappa shape index (κ2) is 11.2. The van der Waals surface area contributed by atoms with Gasteiger partial charge in [0.25, 0.3) is 0 Å².